The van der Waals surface area contributed by atoms with Crippen LogP contribution in [0.15, 0.2) is 36.4 Å². The molecule has 3 rings (SSSR count). The molecule has 1 heterocycles. The largest absolute Gasteiger partial charge is 0.493 e. The number of rotatable bonds is 6. The molecule has 5 heteroatoms. The molecule has 2 aromatic rings. The summed E-state index contributed by atoms with van der Waals surface area (Å²) < 4.78 is 16.7. The van der Waals surface area contributed by atoms with Crippen LogP contribution in [0, 0.1) is 6.92 Å². The molecule has 1 aliphatic heterocycles. The smallest absolute Gasteiger partial charge is 0.220 e. The van der Waals surface area contributed by atoms with Gasteiger partial charge < -0.3 is 19.5 Å². The van der Waals surface area contributed by atoms with Crippen LogP contribution < -0.4 is 19.5 Å². The fourth-order valence-electron chi connectivity index (χ4n) is 3.66. The third-order valence-electron chi connectivity index (χ3n) is 5.05. The summed E-state index contributed by atoms with van der Waals surface area (Å²) in [6.45, 7) is 6.16. The van der Waals surface area contributed by atoms with Gasteiger partial charge in [-0.3, -0.25) is 4.79 Å². The molecule has 1 N–H and O–H groups in total. The Kier molecular flexibility index (Phi) is 5.82. The van der Waals surface area contributed by atoms with Crippen molar-refractivity contribution in [2.75, 3.05) is 14.2 Å². The summed E-state index contributed by atoms with van der Waals surface area (Å²) in [5.41, 5.74) is 2.94. The maximum Gasteiger partial charge on any atom is 0.220 e. The van der Waals surface area contributed by atoms with Gasteiger partial charge in [0.05, 0.1) is 20.3 Å². The molecule has 0 bridgehead atoms. The van der Waals surface area contributed by atoms with Gasteiger partial charge in [0.15, 0.2) is 11.5 Å². The molecule has 5 nitrogen and oxygen atoms in total. The summed E-state index contributed by atoms with van der Waals surface area (Å²) in [4.78, 5) is 12.7. The highest BCUT2D eigenvalue weighted by Gasteiger charge is 2.34. The second kappa shape index (κ2) is 8.13. The quantitative estimate of drug-likeness (QED) is 0.805. The molecule has 1 amide bonds. The second-order valence-corrected chi connectivity index (χ2v) is 7.92. The maximum absolute atomic E-state index is 12.7. The fraction of sp³-hybridized carbons (Fsp3) is 0.435. The standard InChI is InChI=1S/C23H29NO4/c1-15-6-9-19-17(12-15)18(14-23(2,3)28-19)24-22(25)11-8-16-7-10-20(26-4)21(13-16)27-5/h6-7,9-10,12-13,18H,8,11,14H2,1-5H3,(H,24,25)/t18-/m0/s1. The zero-order valence-electron chi connectivity index (χ0n) is 17.3. The van der Waals surface area contributed by atoms with Crippen LogP contribution in [-0.4, -0.2) is 25.7 Å². The van der Waals surface area contributed by atoms with E-state index in [4.69, 9.17) is 14.2 Å². The van der Waals surface area contributed by atoms with E-state index in [9.17, 15) is 4.79 Å². The van der Waals surface area contributed by atoms with Gasteiger partial charge in [0.1, 0.15) is 11.4 Å². The van der Waals surface area contributed by atoms with Gasteiger partial charge in [0.2, 0.25) is 5.91 Å². The molecule has 1 atom stereocenters. The lowest BCUT2D eigenvalue weighted by molar-refractivity contribution is -0.122. The number of carbonyl (C=O) groups excluding carboxylic acids is 1. The highest BCUT2D eigenvalue weighted by atomic mass is 16.5. The van der Waals surface area contributed by atoms with Crippen LogP contribution in [0.1, 0.15) is 49.4 Å². The van der Waals surface area contributed by atoms with Crippen molar-refractivity contribution >= 4 is 5.91 Å². The van der Waals surface area contributed by atoms with E-state index in [1.54, 1.807) is 14.2 Å². The van der Waals surface area contributed by atoms with Crippen molar-refractivity contribution in [3.8, 4) is 17.2 Å². The minimum Gasteiger partial charge on any atom is -0.493 e. The fourth-order valence-corrected chi connectivity index (χ4v) is 3.66. The Morgan fingerprint density at radius 2 is 1.89 bits per heavy atom. The number of hydrogen-bond donors (Lipinski definition) is 1. The number of ether oxygens (including phenoxy) is 3. The number of hydrogen-bond acceptors (Lipinski definition) is 4. The predicted molar refractivity (Wildman–Crippen MR) is 109 cm³/mol. The van der Waals surface area contributed by atoms with E-state index in [0.717, 1.165) is 28.9 Å². The average Bonchev–Trinajstić information content (AvgIpc) is 2.66. The van der Waals surface area contributed by atoms with E-state index in [1.807, 2.05) is 30.3 Å². The molecule has 0 aromatic heterocycles. The third-order valence-corrected chi connectivity index (χ3v) is 5.05. The van der Waals surface area contributed by atoms with Crippen molar-refractivity contribution in [2.45, 2.75) is 51.7 Å². The first-order chi connectivity index (χ1) is 13.3. The van der Waals surface area contributed by atoms with Crippen LogP contribution in [0.4, 0.5) is 0 Å². The summed E-state index contributed by atoms with van der Waals surface area (Å²) in [5, 5.41) is 3.20. The van der Waals surface area contributed by atoms with Crippen LogP contribution in [0.5, 0.6) is 17.2 Å². The van der Waals surface area contributed by atoms with E-state index in [-0.39, 0.29) is 17.6 Å². The molecule has 2 aromatic carbocycles. The molecule has 0 saturated carbocycles. The number of amides is 1. The normalized spacial score (nSPS) is 17.2. The van der Waals surface area contributed by atoms with Crippen molar-refractivity contribution in [3.05, 3.63) is 53.1 Å². The van der Waals surface area contributed by atoms with E-state index in [1.165, 1.54) is 0 Å². The molecule has 0 saturated heterocycles. The van der Waals surface area contributed by atoms with Crippen LogP contribution in [0.2, 0.25) is 0 Å². The Morgan fingerprint density at radius 3 is 2.61 bits per heavy atom. The first kappa shape index (κ1) is 20.1. The summed E-state index contributed by atoms with van der Waals surface area (Å²) in [6, 6.07) is 11.8. The molecule has 0 fully saturated rings. The van der Waals surface area contributed by atoms with Gasteiger partial charge in [0, 0.05) is 18.4 Å². The molecule has 0 radical (unpaired) electrons. The molecule has 1 aliphatic rings. The van der Waals surface area contributed by atoms with Crippen molar-refractivity contribution < 1.29 is 19.0 Å². The first-order valence-corrected chi connectivity index (χ1v) is 9.61. The Bertz CT molecular complexity index is 860. The SMILES string of the molecule is COc1ccc(CCC(=O)N[C@H]2CC(C)(C)Oc3ccc(C)cc32)cc1OC. The van der Waals surface area contributed by atoms with Gasteiger partial charge >= 0.3 is 0 Å². The Morgan fingerprint density at radius 1 is 1.14 bits per heavy atom. The lowest BCUT2D eigenvalue weighted by atomic mass is 9.89. The summed E-state index contributed by atoms with van der Waals surface area (Å²) in [5.74, 6) is 2.25. The molecule has 0 aliphatic carbocycles. The molecule has 150 valence electrons. The van der Waals surface area contributed by atoms with E-state index >= 15 is 0 Å². The molecular weight excluding hydrogens is 354 g/mol. The molecule has 0 unspecified atom stereocenters. The average molecular weight is 383 g/mol. The van der Waals surface area contributed by atoms with Gasteiger partial charge in [-0.05, 0) is 51.0 Å². The Hall–Kier alpha value is -2.69. The summed E-state index contributed by atoms with van der Waals surface area (Å²) in [7, 11) is 3.22. The highest BCUT2D eigenvalue weighted by Crippen LogP contribution is 2.40. The number of aryl methyl sites for hydroxylation is 2. The van der Waals surface area contributed by atoms with Crippen molar-refractivity contribution in [1.82, 2.24) is 5.32 Å². The van der Waals surface area contributed by atoms with Crippen LogP contribution in [-0.2, 0) is 11.2 Å². The van der Waals surface area contributed by atoms with Gasteiger partial charge in [-0.1, -0.05) is 23.8 Å². The number of carbonyl (C=O) groups is 1. The van der Waals surface area contributed by atoms with Gasteiger partial charge in [-0.15, -0.1) is 0 Å². The lowest BCUT2D eigenvalue weighted by Gasteiger charge is -2.38. The lowest BCUT2D eigenvalue weighted by Crippen LogP contribution is -2.41. The van der Waals surface area contributed by atoms with E-state index in [0.29, 0.717) is 24.3 Å². The zero-order valence-corrected chi connectivity index (χ0v) is 17.3. The minimum atomic E-state index is -0.316. The third kappa shape index (κ3) is 4.58. The molecule has 28 heavy (non-hydrogen) atoms. The number of nitrogens with one attached hydrogen (secondary N) is 1. The van der Waals surface area contributed by atoms with Gasteiger partial charge in [0.25, 0.3) is 0 Å². The van der Waals surface area contributed by atoms with Gasteiger partial charge in [-0.2, -0.15) is 0 Å². The molecular formula is C23H29NO4. The van der Waals surface area contributed by atoms with Crippen LogP contribution in [0.3, 0.4) is 0 Å². The van der Waals surface area contributed by atoms with Crippen LogP contribution >= 0.6 is 0 Å². The first-order valence-electron chi connectivity index (χ1n) is 9.61. The number of methoxy groups -OCH3 is 2. The van der Waals surface area contributed by atoms with E-state index < -0.39 is 0 Å². The van der Waals surface area contributed by atoms with Crippen LogP contribution in [0.25, 0.3) is 0 Å². The highest BCUT2D eigenvalue weighted by molar-refractivity contribution is 5.77. The second-order valence-electron chi connectivity index (χ2n) is 7.92. The van der Waals surface area contributed by atoms with E-state index in [2.05, 4.69) is 32.2 Å². The summed E-state index contributed by atoms with van der Waals surface area (Å²) >= 11 is 0. The van der Waals surface area contributed by atoms with Crippen molar-refractivity contribution in [1.29, 1.82) is 0 Å². The number of fused-ring (bicyclic) bond motifs is 1. The monoisotopic (exact) mass is 383 g/mol. The molecule has 0 spiro atoms. The maximum atomic E-state index is 12.7. The summed E-state index contributed by atoms with van der Waals surface area (Å²) in [6.07, 6.45) is 1.79. The van der Waals surface area contributed by atoms with Gasteiger partial charge in [-0.25, -0.2) is 0 Å². The minimum absolute atomic E-state index is 0.0324. The Labute approximate surface area is 167 Å². The zero-order chi connectivity index (χ0) is 20.3. The number of benzene rings is 2. The predicted octanol–water partition coefficient (Wildman–Crippen LogP) is 4.36. The van der Waals surface area contributed by atoms with Crippen molar-refractivity contribution in [3.63, 3.8) is 0 Å². The topological polar surface area (TPSA) is 56.8 Å². The van der Waals surface area contributed by atoms with Crippen molar-refractivity contribution in [2.24, 2.45) is 0 Å². The Balaban J connectivity index is 1.67.